The second-order valence-corrected chi connectivity index (χ2v) is 12.7. The normalized spacial score (nSPS) is 32.5. The van der Waals surface area contributed by atoms with E-state index in [9.17, 15) is 10.2 Å². The number of hydrogen-bond acceptors (Lipinski definition) is 3. The molecule has 5 rings (SSSR count). The van der Waals surface area contributed by atoms with Gasteiger partial charge in [0.25, 0.3) is 0 Å². The van der Waals surface area contributed by atoms with Crippen LogP contribution in [0.3, 0.4) is 0 Å². The molecule has 0 heterocycles. The fourth-order valence-electron chi connectivity index (χ4n) is 7.71. The number of rotatable bonds is 7. The molecule has 0 amide bonds. The average molecular weight is 487 g/mol. The van der Waals surface area contributed by atoms with Crippen molar-refractivity contribution in [3.8, 4) is 22.6 Å². The molecule has 3 saturated carbocycles. The van der Waals surface area contributed by atoms with E-state index in [4.69, 9.17) is 4.74 Å². The summed E-state index contributed by atoms with van der Waals surface area (Å²) in [6.07, 6.45) is 10.9. The van der Waals surface area contributed by atoms with Gasteiger partial charge >= 0.3 is 0 Å². The maximum Gasteiger partial charge on any atom is 0.128 e. The van der Waals surface area contributed by atoms with Crippen LogP contribution >= 0.6 is 0 Å². The van der Waals surface area contributed by atoms with E-state index in [0.29, 0.717) is 17.3 Å². The number of phenolic OH excluding ortho intramolecular Hbond substituents is 1. The van der Waals surface area contributed by atoms with Crippen molar-refractivity contribution >= 4 is 0 Å². The Morgan fingerprint density at radius 1 is 0.917 bits per heavy atom. The van der Waals surface area contributed by atoms with Gasteiger partial charge < -0.3 is 14.9 Å². The number of hydrogen-bond donors (Lipinski definition) is 2. The molecule has 192 valence electrons. The maximum atomic E-state index is 11.0. The number of aliphatic hydroxyl groups excluding tert-OH is 1. The molecule has 0 saturated heterocycles. The van der Waals surface area contributed by atoms with Gasteiger partial charge in [0.05, 0.1) is 6.10 Å². The second-order valence-electron chi connectivity index (χ2n) is 12.7. The Kier molecular flexibility index (Phi) is 6.35. The molecule has 2 N–H and O–H groups in total. The zero-order valence-corrected chi connectivity index (χ0v) is 22.2. The molecular weight excluding hydrogens is 444 g/mol. The third-order valence-corrected chi connectivity index (χ3v) is 9.75. The minimum Gasteiger partial charge on any atom is -0.507 e. The van der Waals surface area contributed by atoms with Crippen LogP contribution in [0.25, 0.3) is 11.1 Å². The van der Waals surface area contributed by atoms with E-state index in [1.165, 1.54) is 0 Å². The fraction of sp³-hybridized carbons (Fsp3) is 0.515. The van der Waals surface area contributed by atoms with Crippen LogP contribution in [0.2, 0.25) is 0 Å². The van der Waals surface area contributed by atoms with E-state index in [-0.39, 0.29) is 22.9 Å². The van der Waals surface area contributed by atoms with E-state index in [1.807, 2.05) is 18.2 Å². The topological polar surface area (TPSA) is 49.7 Å². The van der Waals surface area contributed by atoms with Crippen LogP contribution in [0, 0.1) is 22.7 Å². The smallest absolute Gasteiger partial charge is 0.128 e. The monoisotopic (exact) mass is 486 g/mol. The van der Waals surface area contributed by atoms with E-state index in [2.05, 4.69) is 58.2 Å². The minimum absolute atomic E-state index is 0.124. The summed E-state index contributed by atoms with van der Waals surface area (Å²) in [5.74, 6) is 2.19. The van der Waals surface area contributed by atoms with Crippen LogP contribution in [0.1, 0.15) is 70.4 Å². The molecule has 3 nitrogen and oxygen atoms in total. The van der Waals surface area contributed by atoms with Gasteiger partial charge in [0, 0.05) is 17.0 Å². The lowest BCUT2D eigenvalue weighted by molar-refractivity contribution is -0.162. The predicted octanol–water partition coefficient (Wildman–Crippen LogP) is 7.64. The quantitative estimate of drug-likeness (QED) is 0.395. The van der Waals surface area contributed by atoms with Crippen LogP contribution in [-0.4, -0.2) is 21.9 Å². The van der Waals surface area contributed by atoms with Gasteiger partial charge in [-0.05, 0) is 104 Å². The lowest BCUT2D eigenvalue weighted by atomic mass is 9.49. The van der Waals surface area contributed by atoms with Crippen molar-refractivity contribution in [1.82, 2.24) is 0 Å². The first-order valence-electron chi connectivity index (χ1n) is 13.6. The van der Waals surface area contributed by atoms with E-state index < -0.39 is 0 Å². The first-order chi connectivity index (χ1) is 17.1. The fourth-order valence-corrected chi connectivity index (χ4v) is 7.71. The van der Waals surface area contributed by atoms with E-state index >= 15 is 0 Å². The molecule has 3 heteroatoms. The van der Waals surface area contributed by atoms with Crippen molar-refractivity contribution in [3.05, 3.63) is 72.8 Å². The molecule has 0 radical (unpaired) electrons. The third kappa shape index (κ3) is 4.20. The first kappa shape index (κ1) is 25.1. The summed E-state index contributed by atoms with van der Waals surface area (Å²) in [6, 6.07) is 12.2. The number of ether oxygens (including phenoxy) is 1. The molecule has 0 aromatic heterocycles. The van der Waals surface area contributed by atoms with Crippen molar-refractivity contribution in [3.63, 3.8) is 0 Å². The number of aliphatic hydroxyl groups is 1. The highest BCUT2D eigenvalue weighted by Crippen LogP contribution is 2.66. The van der Waals surface area contributed by atoms with Gasteiger partial charge in [-0.1, -0.05) is 45.1 Å². The zero-order chi connectivity index (χ0) is 25.7. The second kappa shape index (κ2) is 9.10. The van der Waals surface area contributed by atoms with Crippen molar-refractivity contribution in [1.29, 1.82) is 0 Å². The Labute approximate surface area is 216 Å². The molecule has 3 aliphatic carbocycles. The molecule has 2 bridgehead atoms. The van der Waals surface area contributed by atoms with Gasteiger partial charge in [0.2, 0.25) is 0 Å². The summed E-state index contributed by atoms with van der Waals surface area (Å²) in [7, 11) is 0. The number of allylic oxidation sites excluding steroid dienone is 2. The van der Waals surface area contributed by atoms with E-state index in [0.717, 1.165) is 79.4 Å². The maximum absolute atomic E-state index is 11.0. The molecule has 1 unspecified atom stereocenters. The Hall–Kier alpha value is -2.52. The van der Waals surface area contributed by atoms with Gasteiger partial charge in [0.15, 0.2) is 0 Å². The SMILES string of the molecule is C=CCc1ccc(O)c(-c2cc(CC=C)ccc2O[C@]23CC[C@H](O)C(C)(CC[C@@H]4[C@@H]2CC4(C)C)C3)c1. The third-order valence-electron chi connectivity index (χ3n) is 9.75. The molecule has 0 aliphatic heterocycles. The number of phenols is 1. The van der Waals surface area contributed by atoms with Gasteiger partial charge in [-0.15, -0.1) is 13.2 Å². The summed E-state index contributed by atoms with van der Waals surface area (Å²) < 4.78 is 7.24. The Balaban J connectivity index is 1.61. The summed E-state index contributed by atoms with van der Waals surface area (Å²) in [5, 5.41) is 22.0. The molecule has 2 aromatic carbocycles. The lowest BCUT2D eigenvalue weighted by Gasteiger charge is -2.59. The Morgan fingerprint density at radius 2 is 1.58 bits per heavy atom. The van der Waals surface area contributed by atoms with Crippen LogP contribution < -0.4 is 4.74 Å². The summed E-state index contributed by atoms with van der Waals surface area (Å²) in [4.78, 5) is 0. The molecule has 5 atom stereocenters. The van der Waals surface area contributed by atoms with Gasteiger partial charge in [-0.25, -0.2) is 0 Å². The standard InChI is InChI=1S/C33H42O3/c1-6-8-22-10-12-28(34)24(18-22)25-19-23(9-7-2)11-13-29(25)36-33-17-15-30(35)32(5,21-33)16-14-26-27(33)20-31(26,3)4/h6-7,10-13,18-19,26-27,30,34-35H,1-2,8-9,14-17,20-21H2,3-5H3/t26-,27+,30+,32?,33+/m1/s1. The van der Waals surface area contributed by atoms with Gasteiger partial charge in [-0.3, -0.25) is 0 Å². The van der Waals surface area contributed by atoms with Crippen molar-refractivity contribution in [2.75, 3.05) is 0 Å². The van der Waals surface area contributed by atoms with Gasteiger partial charge in [0.1, 0.15) is 17.1 Å². The van der Waals surface area contributed by atoms with Crippen LogP contribution in [0.5, 0.6) is 11.5 Å². The highest BCUT2D eigenvalue weighted by Gasteiger charge is 2.63. The zero-order valence-electron chi connectivity index (χ0n) is 22.2. The minimum atomic E-state index is -0.298. The predicted molar refractivity (Wildman–Crippen MR) is 147 cm³/mol. The molecular formula is C33H42O3. The van der Waals surface area contributed by atoms with Crippen molar-refractivity contribution in [2.45, 2.75) is 83.8 Å². The molecule has 2 aromatic rings. The molecule has 0 spiro atoms. The Bertz CT molecular complexity index is 1160. The Morgan fingerprint density at radius 3 is 2.25 bits per heavy atom. The van der Waals surface area contributed by atoms with Gasteiger partial charge in [-0.2, -0.15) is 0 Å². The lowest BCUT2D eigenvalue weighted by Crippen LogP contribution is -2.60. The molecule has 3 aliphatic rings. The summed E-state index contributed by atoms with van der Waals surface area (Å²) >= 11 is 0. The molecule has 36 heavy (non-hydrogen) atoms. The van der Waals surface area contributed by atoms with Crippen molar-refractivity contribution in [2.24, 2.45) is 22.7 Å². The highest BCUT2D eigenvalue weighted by atomic mass is 16.5. The van der Waals surface area contributed by atoms with Crippen LogP contribution in [0.15, 0.2) is 61.7 Å². The van der Waals surface area contributed by atoms with Crippen molar-refractivity contribution < 1.29 is 14.9 Å². The highest BCUT2D eigenvalue weighted by molar-refractivity contribution is 5.77. The van der Waals surface area contributed by atoms with Crippen LogP contribution in [0.4, 0.5) is 0 Å². The first-order valence-corrected chi connectivity index (χ1v) is 13.6. The number of aromatic hydroxyl groups is 1. The largest absolute Gasteiger partial charge is 0.507 e. The summed E-state index contributed by atoms with van der Waals surface area (Å²) in [6.45, 7) is 14.9. The van der Waals surface area contributed by atoms with Crippen LogP contribution in [-0.2, 0) is 12.8 Å². The average Bonchev–Trinajstić information content (AvgIpc) is 2.91. The number of fused-ring (bicyclic) bond motifs is 4. The number of benzene rings is 2. The molecule has 3 fully saturated rings. The summed E-state index contributed by atoms with van der Waals surface area (Å²) in [5.41, 5.74) is 3.87. The van der Waals surface area contributed by atoms with E-state index in [1.54, 1.807) is 6.07 Å².